The molecule has 2 aromatic heterocycles. The topological polar surface area (TPSA) is 84.1 Å². The van der Waals surface area contributed by atoms with Crippen molar-refractivity contribution in [2.75, 3.05) is 6.54 Å². The zero-order valence-corrected chi connectivity index (χ0v) is 15.1. The van der Waals surface area contributed by atoms with Gasteiger partial charge in [0.2, 0.25) is 0 Å². The number of rotatable bonds is 3. The lowest BCUT2D eigenvalue weighted by atomic mass is 10.1. The van der Waals surface area contributed by atoms with Crippen LogP contribution in [-0.4, -0.2) is 34.6 Å². The molecule has 3 aromatic rings. The number of hydrogen-bond donors (Lipinski definition) is 2. The summed E-state index contributed by atoms with van der Waals surface area (Å²) >= 11 is 0. The van der Waals surface area contributed by atoms with E-state index >= 15 is 0 Å². The van der Waals surface area contributed by atoms with Gasteiger partial charge in [-0.3, -0.25) is 9.78 Å². The molecule has 0 saturated carbocycles. The van der Waals surface area contributed by atoms with Gasteiger partial charge in [0.1, 0.15) is 5.75 Å². The van der Waals surface area contributed by atoms with Crippen LogP contribution in [0.3, 0.4) is 0 Å². The SMILES string of the molecule is O=C1NCCc2[nH]c(-c3cc(-c4ccc(OC(=O)C(F)(F)F)cc4)ncc3F)cc21. The number of aromatic amines is 1. The van der Waals surface area contributed by atoms with E-state index in [-0.39, 0.29) is 17.2 Å². The molecule has 0 radical (unpaired) electrons. The summed E-state index contributed by atoms with van der Waals surface area (Å²) < 4.78 is 55.5. The summed E-state index contributed by atoms with van der Waals surface area (Å²) in [5.41, 5.74) is 2.57. The highest BCUT2D eigenvalue weighted by molar-refractivity contribution is 5.97. The van der Waals surface area contributed by atoms with Gasteiger partial charge in [-0.25, -0.2) is 9.18 Å². The van der Waals surface area contributed by atoms with Crippen molar-refractivity contribution < 1.29 is 31.9 Å². The molecule has 1 aromatic carbocycles. The Morgan fingerprint density at radius 1 is 1.10 bits per heavy atom. The zero-order chi connectivity index (χ0) is 21.5. The molecule has 3 heterocycles. The van der Waals surface area contributed by atoms with Crippen molar-refractivity contribution in [1.29, 1.82) is 0 Å². The monoisotopic (exact) mass is 419 g/mol. The fourth-order valence-corrected chi connectivity index (χ4v) is 3.10. The fraction of sp³-hybridized carbons (Fsp3) is 0.150. The second-order valence-corrected chi connectivity index (χ2v) is 6.54. The predicted octanol–water partition coefficient (Wildman–Crippen LogP) is 3.64. The van der Waals surface area contributed by atoms with Gasteiger partial charge in [0, 0.05) is 35.5 Å². The third-order valence-corrected chi connectivity index (χ3v) is 4.54. The molecular weight excluding hydrogens is 406 g/mol. The Labute approximate surface area is 166 Å². The predicted molar refractivity (Wildman–Crippen MR) is 97.1 cm³/mol. The fourth-order valence-electron chi connectivity index (χ4n) is 3.10. The van der Waals surface area contributed by atoms with Gasteiger partial charge in [-0.2, -0.15) is 13.2 Å². The summed E-state index contributed by atoms with van der Waals surface area (Å²) in [6.07, 6.45) is -3.49. The van der Waals surface area contributed by atoms with Crippen molar-refractivity contribution >= 4 is 11.9 Å². The number of pyridine rings is 1. The average molecular weight is 419 g/mol. The van der Waals surface area contributed by atoms with E-state index in [1.165, 1.54) is 30.3 Å². The van der Waals surface area contributed by atoms with Gasteiger partial charge in [-0.15, -0.1) is 0 Å². The molecular formula is C20H13F4N3O3. The molecule has 0 spiro atoms. The maximum Gasteiger partial charge on any atom is 0.491 e. The maximum atomic E-state index is 14.4. The highest BCUT2D eigenvalue weighted by atomic mass is 19.4. The second kappa shape index (κ2) is 7.29. The van der Waals surface area contributed by atoms with E-state index in [2.05, 4.69) is 20.0 Å². The Balaban J connectivity index is 1.62. The normalized spacial score (nSPS) is 13.5. The largest absolute Gasteiger partial charge is 0.491 e. The zero-order valence-electron chi connectivity index (χ0n) is 15.1. The Bertz CT molecular complexity index is 1140. The molecule has 0 atom stereocenters. The first kappa shape index (κ1) is 19.6. The Kier molecular flexibility index (Phi) is 4.76. The molecule has 10 heteroatoms. The molecule has 30 heavy (non-hydrogen) atoms. The van der Waals surface area contributed by atoms with Gasteiger partial charge in [-0.1, -0.05) is 0 Å². The number of fused-ring (bicyclic) bond motifs is 1. The first-order chi connectivity index (χ1) is 14.2. The Morgan fingerprint density at radius 3 is 2.50 bits per heavy atom. The molecule has 2 N–H and O–H groups in total. The highest BCUT2D eigenvalue weighted by Gasteiger charge is 2.41. The molecule has 0 fully saturated rings. The number of amides is 1. The first-order valence-corrected chi connectivity index (χ1v) is 8.78. The lowest BCUT2D eigenvalue weighted by Crippen LogP contribution is -2.31. The summed E-state index contributed by atoms with van der Waals surface area (Å²) in [6.45, 7) is 0.487. The summed E-state index contributed by atoms with van der Waals surface area (Å²) in [7, 11) is 0. The van der Waals surface area contributed by atoms with Crippen LogP contribution in [0.1, 0.15) is 16.1 Å². The number of H-pyrrole nitrogens is 1. The van der Waals surface area contributed by atoms with Crippen LogP contribution >= 0.6 is 0 Å². The number of carbonyl (C=O) groups is 2. The molecule has 0 saturated heterocycles. The van der Waals surface area contributed by atoms with Crippen molar-refractivity contribution in [2.24, 2.45) is 0 Å². The molecule has 0 unspecified atom stereocenters. The molecule has 0 aliphatic carbocycles. The minimum Gasteiger partial charge on any atom is -0.420 e. The van der Waals surface area contributed by atoms with E-state index in [4.69, 9.17) is 0 Å². The van der Waals surface area contributed by atoms with Crippen LogP contribution < -0.4 is 10.1 Å². The highest BCUT2D eigenvalue weighted by Crippen LogP contribution is 2.30. The van der Waals surface area contributed by atoms with Crippen molar-refractivity contribution in [3.8, 4) is 28.3 Å². The first-order valence-electron chi connectivity index (χ1n) is 8.78. The molecule has 6 nitrogen and oxygen atoms in total. The lowest BCUT2D eigenvalue weighted by Gasteiger charge is -2.11. The van der Waals surface area contributed by atoms with Crippen LogP contribution in [0.15, 0.2) is 42.6 Å². The van der Waals surface area contributed by atoms with Crippen molar-refractivity contribution in [3.63, 3.8) is 0 Å². The van der Waals surface area contributed by atoms with E-state index in [1.807, 2.05) is 0 Å². The van der Waals surface area contributed by atoms with Crippen LogP contribution in [0.4, 0.5) is 17.6 Å². The average Bonchev–Trinajstić information content (AvgIpc) is 3.14. The molecule has 1 aliphatic heterocycles. The number of esters is 1. The third kappa shape index (κ3) is 3.76. The minimum absolute atomic E-state index is 0.190. The van der Waals surface area contributed by atoms with Crippen molar-refractivity contribution in [3.05, 3.63) is 59.7 Å². The van der Waals surface area contributed by atoms with E-state index < -0.39 is 18.0 Å². The van der Waals surface area contributed by atoms with Crippen LogP contribution in [0.2, 0.25) is 0 Å². The molecule has 1 amide bonds. The van der Waals surface area contributed by atoms with E-state index in [1.54, 1.807) is 6.07 Å². The van der Waals surface area contributed by atoms with Crippen molar-refractivity contribution in [1.82, 2.24) is 15.3 Å². The van der Waals surface area contributed by atoms with Gasteiger partial charge in [0.05, 0.1) is 17.5 Å². The minimum atomic E-state index is -5.10. The number of carbonyl (C=O) groups excluding carboxylic acids is 2. The summed E-state index contributed by atoms with van der Waals surface area (Å²) in [5, 5.41) is 2.71. The van der Waals surface area contributed by atoms with Crippen LogP contribution in [0.25, 0.3) is 22.5 Å². The van der Waals surface area contributed by atoms with Crippen LogP contribution in [0, 0.1) is 5.82 Å². The molecule has 4 rings (SSSR count). The lowest BCUT2D eigenvalue weighted by molar-refractivity contribution is -0.189. The summed E-state index contributed by atoms with van der Waals surface area (Å²) in [5.74, 6) is -3.45. The van der Waals surface area contributed by atoms with Gasteiger partial charge in [0.15, 0.2) is 5.82 Å². The van der Waals surface area contributed by atoms with Crippen molar-refractivity contribution in [2.45, 2.75) is 12.6 Å². The second-order valence-electron chi connectivity index (χ2n) is 6.54. The number of hydrogen-bond acceptors (Lipinski definition) is 4. The standard InChI is InChI=1S/C20H13F4N3O3/c21-14-9-26-16(10-1-3-11(4-2-10)30-19(29)20(22,23)24)7-12(14)17-8-13-15(27-17)5-6-25-18(13)28/h1-4,7-9,27H,5-6H2,(H,25,28). The summed E-state index contributed by atoms with van der Waals surface area (Å²) in [6, 6.07) is 8.18. The number of alkyl halides is 3. The number of aromatic nitrogens is 2. The molecule has 154 valence electrons. The number of halogens is 4. The Morgan fingerprint density at radius 2 is 1.83 bits per heavy atom. The number of benzene rings is 1. The Hall–Kier alpha value is -3.69. The van der Waals surface area contributed by atoms with Crippen LogP contribution in [0.5, 0.6) is 5.75 Å². The molecule has 1 aliphatic rings. The molecule has 0 bridgehead atoms. The summed E-state index contributed by atoms with van der Waals surface area (Å²) in [4.78, 5) is 29.9. The van der Waals surface area contributed by atoms with Gasteiger partial charge >= 0.3 is 12.1 Å². The van der Waals surface area contributed by atoms with E-state index in [0.717, 1.165) is 6.20 Å². The van der Waals surface area contributed by atoms with Gasteiger partial charge < -0.3 is 15.0 Å². The number of ether oxygens (including phenoxy) is 1. The third-order valence-electron chi connectivity index (χ3n) is 4.54. The van der Waals surface area contributed by atoms with Gasteiger partial charge in [0.25, 0.3) is 5.91 Å². The van der Waals surface area contributed by atoms with E-state index in [9.17, 15) is 27.2 Å². The maximum absolute atomic E-state index is 14.4. The number of nitrogens with zero attached hydrogens (tertiary/aromatic N) is 1. The smallest absolute Gasteiger partial charge is 0.420 e. The van der Waals surface area contributed by atoms with Crippen LogP contribution in [-0.2, 0) is 11.2 Å². The number of nitrogens with one attached hydrogen (secondary N) is 2. The van der Waals surface area contributed by atoms with Gasteiger partial charge in [-0.05, 0) is 36.4 Å². The quantitative estimate of drug-likeness (QED) is 0.386. The van der Waals surface area contributed by atoms with E-state index in [0.29, 0.717) is 41.2 Å².